The first-order valence-corrected chi connectivity index (χ1v) is 5.60. The van der Waals surface area contributed by atoms with Gasteiger partial charge >= 0.3 is 41.5 Å². The number of rotatable bonds is 4. The first-order chi connectivity index (χ1) is 9.24. The van der Waals surface area contributed by atoms with Gasteiger partial charge in [0.05, 0.1) is 12.5 Å². The first kappa shape index (κ1) is 16.6. The molecule has 0 radical (unpaired) electrons. The van der Waals surface area contributed by atoms with Crippen molar-refractivity contribution in [3.63, 3.8) is 0 Å². The molecule has 2 rings (SSSR count). The summed E-state index contributed by atoms with van der Waals surface area (Å²) in [6.45, 7) is 0. The fourth-order valence-corrected chi connectivity index (χ4v) is 1.33. The van der Waals surface area contributed by atoms with Gasteiger partial charge in [0.1, 0.15) is 6.42 Å². The van der Waals surface area contributed by atoms with Crippen LogP contribution in [-0.4, -0.2) is 54.1 Å². The van der Waals surface area contributed by atoms with E-state index in [0.717, 1.165) is 0 Å². The van der Waals surface area contributed by atoms with Crippen LogP contribution in [0, 0.1) is 0 Å². The molecule has 20 heavy (non-hydrogen) atoms. The number of ether oxygens (including phenoxy) is 4. The first-order valence-electron chi connectivity index (χ1n) is 5.60. The van der Waals surface area contributed by atoms with Crippen molar-refractivity contribution in [2.45, 2.75) is 19.0 Å². The van der Waals surface area contributed by atoms with E-state index in [1.54, 1.807) is 36.5 Å². The molecule has 2 aliphatic heterocycles. The Balaban J connectivity index is 0.00000200. The SMILES string of the molecule is O=C(CC(=O)OC1C=CC=CO1)OC1C=CC=CO1.[NaH]. The van der Waals surface area contributed by atoms with Crippen molar-refractivity contribution in [1.82, 2.24) is 0 Å². The molecule has 2 heterocycles. The van der Waals surface area contributed by atoms with Crippen molar-refractivity contribution in [1.29, 1.82) is 0 Å². The maximum absolute atomic E-state index is 11.4. The predicted octanol–water partition coefficient (Wildman–Crippen LogP) is 0.667. The van der Waals surface area contributed by atoms with Gasteiger partial charge in [-0.1, -0.05) is 12.2 Å². The predicted molar refractivity (Wildman–Crippen MR) is 70.3 cm³/mol. The molecule has 0 aromatic carbocycles. The number of esters is 2. The number of hydrogen-bond donors (Lipinski definition) is 0. The van der Waals surface area contributed by atoms with Crippen molar-refractivity contribution >= 4 is 41.5 Å². The molecule has 2 atom stereocenters. The van der Waals surface area contributed by atoms with Crippen LogP contribution in [0.2, 0.25) is 0 Å². The Morgan fingerprint density at radius 2 is 1.30 bits per heavy atom. The molecule has 2 unspecified atom stereocenters. The second kappa shape index (κ2) is 8.63. The van der Waals surface area contributed by atoms with Gasteiger partial charge in [0.15, 0.2) is 0 Å². The second-order valence-electron chi connectivity index (χ2n) is 3.59. The van der Waals surface area contributed by atoms with Crippen LogP contribution in [0.3, 0.4) is 0 Å². The summed E-state index contributed by atoms with van der Waals surface area (Å²) in [6.07, 6.45) is 10.4. The monoisotopic (exact) mass is 288 g/mol. The van der Waals surface area contributed by atoms with Crippen LogP contribution in [0.5, 0.6) is 0 Å². The molecule has 0 saturated carbocycles. The standard InChI is InChI=1S/C13H12O6.Na.H/c14-10(18-12-5-1-3-7-16-12)9-11(15)19-13-6-2-4-8-17-13;;/h1-8,12-13H,9H2;;. The van der Waals surface area contributed by atoms with E-state index in [4.69, 9.17) is 18.9 Å². The van der Waals surface area contributed by atoms with Gasteiger partial charge in [-0.3, -0.25) is 9.59 Å². The van der Waals surface area contributed by atoms with Crippen molar-refractivity contribution in [3.05, 3.63) is 49.0 Å². The van der Waals surface area contributed by atoms with Crippen molar-refractivity contribution in [3.8, 4) is 0 Å². The second-order valence-corrected chi connectivity index (χ2v) is 3.59. The van der Waals surface area contributed by atoms with Gasteiger partial charge in [0, 0.05) is 0 Å². The summed E-state index contributed by atoms with van der Waals surface area (Å²) in [5.74, 6) is -1.46. The minimum atomic E-state index is -0.806. The zero-order valence-corrected chi connectivity index (χ0v) is 9.93. The van der Waals surface area contributed by atoms with Gasteiger partial charge < -0.3 is 18.9 Å². The fraction of sp³-hybridized carbons (Fsp3) is 0.231. The van der Waals surface area contributed by atoms with E-state index in [0.29, 0.717) is 0 Å². The third-order valence-corrected chi connectivity index (χ3v) is 2.13. The zero-order chi connectivity index (χ0) is 13.5. The van der Waals surface area contributed by atoms with Gasteiger partial charge in [0.2, 0.25) is 0 Å². The summed E-state index contributed by atoms with van der Waals surface area (Å²) in [6, 6.07) is 0. The average molecular weight is 288 g/mol. The molecule has 6 nitrogen and oxygen atoms in total. The fourth-order valence-electron chi connectivity index (χ4n) is 1.33. The van der Waals surface area contributed by atoms with Crippen LogP contribution in [-0.2, 0) is 28.5 Å². The van der Waals surface area contributed by atoms with E-state index in [9.17, 15) is 9.59 Å². The number of carbonyl (C=O) groups is 2. The van der Waals surface area contributed by atoms with E-state index >= 15 is 0 Å². The third kappa shape index (κ3) is 5.64. The molecule has 0 bridgehead atoms. The van der Waals surface area contributed by atoms with E-state index in [2.05, 4.69) is 0 Å². The van der Waals surface area contributed by atoms with Crippen LogP contribution in [0.4, 0.5) is 0 Å². The van der Waals surface area contributed by atoms with Crippen LogP contribution in [0.25, 0.3) is 0 Å². The molecule has 102 valence electrons. The van der Waals surface area contributed by atoms with Gasteiger partial charge in [0.25, 0.3) is 12.6 Å². The molecule has 0 spiro atoms. The molecule has 0 amide bonds. The van der Waals surface area contributed by atoms with Gasteiger partial charge in [-0.05, 0) is 24.3 Å². The van der Waals surface area contributed by atoms with Crippen LogP contribution in [0.1, 0.15) is 6.42 Å². The number of allylic oxidation sites excluding steroid dienone is 4. The summed E-state index contributed by atoms with van der Waals surface area (Å²) in [5, 5.41) is 0. The van der Waals surface area contributed by atoms with Gasteiger partial charge in [-0.25, -0.2) is 0 Å². The molecule has 0 aliphatic carbocycles. The van der Waals surface area contributed by atoms with E-state index in [1.165, 1.54) is 12.5 Å². The Morgan fingerprint density at radius 3 is 1.65 bits per heavy atom. The summed E-state index contributed by atoms with van der Waals surface area (Å²) >= 11 is 0. The molecule has 0 aromatic heterocycles. The molecular weight excluding hydrogens is 275 g/mol. The molecule has 0 saturated heterocycles. The summed E-state index contributed by atoms with van der Waals surface area (Å²) in [4.78, 5) is 22.9. The minimum absolute atomic E-state index is 0. The van der Waals surface area contributed by atoms with Crippen molar-refractivity contribution in [2.75, 3.05) is 0 Å². The molecule has 0 aromatic rings. The van der Waals surface area contributed by atoms with E-state index < -0.39 is 30.9 Å². The average Bonchev–Trinajstić information content (AvgIpc) is 2.40. The zero-order valence-electron chi connectivity index (χ0n) is 9.93. The quantitative estimate of drug-likeness (QED) is 0.430. The Labute approximate surface area is 138 Å². The summed E-state index contributed by atoms with van der Waals surface area (Å²) in [5.41, 5.74) is 0. The van der Waals surface area contributed by atoms with Crippen molar-refractivity contribution < 1.29 is 28.5 Å². The number of carbonyl (C=O) groups excluding carboxylic acids is 2. The third-order valence-electron chi connectivity index (χ3n) is 2.13. The molecule has 0 fully saturated rings. The van der Waals surface area contributed by atoms with Crippen LogP contribution >= 0.6 is 0 Å². The van der Waals surface area contributed by atoms with Crippen LogP contribution in [0.15, 0.2) is 49.0 Å². The summed E-state index contributed by atoms with van der Waals surface area (Å²) in [7, 11) is 0. The maximum atomic E-state index is 11.4. The topological polar surface area (TPSA) is 71.1 Å². The van der Waals surface area contributed by atoms with Gasteiger partial charge in [-0.15, -0.1) is 0 Å². The normalized spacial score (nSPS) is 22.2. The summed E-state index contributed by atoms with van der Waals surface area (Å²) < 4.78 is 19.7. The molecular formula is C13H13NaO6. The van der Waals surface area contributed by atoms with Crippen LogP contribution < -0.4 is 0 Å². The molecule has 7 heteroatoms. The van der Waals surface area contributed by atoms with Gasteiger partial charge in [-0.2, -0.15) is 0 Å². The molecule has 0 N–H and O–H groups in total. The Hall–Kier alpha value is -1.50. The molecule has 2 aliphatic rings. The van der Waals surface area contributed by atoms with Crippen molar-refractivity contribution in [2.24, 2.45) is 0 Å². The van der Waals surface area contributed by atoms with E-state index in [-0.39, 0.29) is 29.6 Å². The Kier molecular flexibility index (Phi) is 7.14. The van der Waals surface area contributed by atoms with E-state index in [1.807, 2.05) is 0 Å². The Bertz CT molecular complexity index is 423. The Morgan fingerprint density at radius 1 is 0.850 bits per heavy atom. The number of hydrogen-bond acceptors (Lipinski definition) is 6.